The molecule has 0 unspecified atom stereocenters. The number of carbonyl (C=O) groups excluding carboxylic acids is 3. The lowest BCUT2D eigenvalue weighted by Crippen LogP contribution is -2.61. The third-order valence-electron chi connectivity index (χ3n) is 4.70. The molecule has 0 spiro atoms. The van der Waals surface area contributed by atoms with Crippen LogP contribution in [0.25, 0.3) is 0 Å². The summed E-state index contributed by atoms with van der Waals surface area (Å²) in [5.41, 5.74) is -0.457. The van der Waals surface area contributed by atoms with Crippen molar-refractivity contribution in [3.05, 3.63) is 22.2 Å². The number of aliphatic imine (C=N–C) groups is 1. The first kappa shape index (κ1) is 31.5. The fourth-order valence-corrected chi connectivity index (χ4v) is 3.63. The van der Waals surface area contributed by atoms with Crippen LogP contribution in [0.1, 0.15) is 68.2 Å². The van der Waals surface area contributed by atoms with Crippen LogP contribution in [-0.2, 0) is 9.47 Å². The fourth-order valence-electron chi connectivity index (χ4n) is 3.24. The van der Waals surface area contributed by atoms with Crippen LogP contribution in [-0.4, -0.2) is 89.0 Å². The molecule has 0 saturated carbocycles. The van der Waals surface area contributed by atoms with Crippen LogP contribution in [0.4, 0.5) is 14.4 Å². The van der Waals surface area contributed by atoms with Gasteiger partial charge >= 0.3 is 18.2 Å². The average Bonchev–Trinajstić information content (AvgIpc) is 2.70. The number of ether oxygens (including phenoxy) is 2. The Bertz CT molecular complexity index is 887. The number of carbonyl (C=O) groups is 3. The highest BCUT2D eigenvalue weighted by atomic mass is 79.9. The van der Waals surface area contributed by atoms with Gasteiger partial charge < -0.3 is 24.2 Å². The number of rotatable bonds is 5. The first-order chi connectivity index (χ1) is 16.4. The molecule has 36 heavy (non-hydrogen) atoms. The van der Waals surface area contributed by atoms with Crippen molar-refractivity contribution in [2.45, 2.75) is 79.4 Å². The highest BCUT2D eigenvalue weighted by Gasteiger charge is 2.35. The standard InChI is InChI=1S/C25H42BrN5O5/c1-11-13-18(2)19(26)14-12-15-31(23(34)36-25(6,7)8)20(27-21(32)35-24(3,4)5)30-16-28(9)22(33)29(10)17-30/h13-14H,11-12,15-17H2,1-10H3/b18-13-,19-14+,27-20?. The Balaban J connectivity index is 3.47. The van der Waals surface area contributed by atoms with Crippen LogP contribution in [0.15, 0.2) is 27.2 Å². The molecule has 1 rings (SSSR count). The Morgan fingerprint density at radius 2 is 1.56 bits per heavy atom. The molecule has 10 nitrogen and oxygen atoms in total. The number of hydrogen-bond donors (Lipinski definition) is 0. The second kappa shape index (κ2) is 13.1. The molecular weight excluding hydrogens is 530 g/mol. The first-order valence-electron chi connectivity index (χ1n) is 12.0. The summed E-state index contributed by atoms with van der Waals surface area (Å²) in [7, 11) is 3.27. The molecule has 11 heteroatoms. The summed E-state index contributed by atoms with van der Waals surface area (Å²) in [5.74, 6) is 0.0510. The normalized spacial score (nSPS) is 16.4. The number of hydrogen-bond acceptors (Lipinski definition) is 5. The quantitative estimate of drug-likeness (QED) is 0.236. The Kier molecular flexibility index (Phi) is 11.5. The van der Waals surface area contributed by atoms with Gasteiger partial charge in [-0.15, -0.1) is 4.99 Å². The van der Waals surface area contributed by atoms with Crippen LogP contribution in [0, 0.1) is 0 Å². The zero-order valence-corrected chi connectivity index (χ0v) is 24.9. The molecule has 0 aliphatic carbocycles. The van der Waals surface area contributed by atoms with Crippen molar-refractivity contribution < 1.29 is 23.9 Å². The van der Waals surface area contributed by atoms with Crippen molar-refractivity contribution in [3.8, 4) is 0 Å². The zero-order valence-electron chi connectivity index (χ0n) is 23.3. The number of allylic oxidation sites excluding steroid dienone is 3. The summed E-state index contributed by atoms with van der Waals surface area (Å²) in [6.07, 6.45) is 3.92. The van der Waals surface area contributed by atoms with Gasteiger partial charge in [-0.25, -0.2) is 19.3 Å². The van der Waals surface area contributed by atoms with Crippen molar-refractivity contribution >= 4 is 40.1 Å². The molecule has 0 aromatic rings. The predicted octanol–water partition coefficient (Wildman–Crippen LogP) is 5.75. The van der Waals surface area contributed by atoms with Crippen LogP contribution in [0.5, 0.6) is 0 Å². The Morgan fingerprint density at radius 3 is 2.03 bits per heavy atom. The molecule has 0 aromatic carbocycles. The van der Waals surface area contributed by atoms with E-state index in [0.717, 1.165) is 16.5 Å². The van der Waals surface area contributed by atoms with Gasteiger partial charge in [0.25, 0.3) is 0 Å². The molecule has 0 bridgehead atoms. The second-order valence-electron chi connectivity index (χ2n) is 10.7. The number of amides is 4. The SMILES string of the molecule is CC/C=C(C)\C(Br)=C/CCN(C(=O)OC(C)(C)C)C(=NC(=O)OC(C)(C)C)N1CN(C)C(=O)N(C)C1. The third kappa shape index (κ3) is 10.6. The summed E-state index contributed by atoms with van der Waals surface area (Å²) in [6, 6.07) is -0.184. The Hall–Kier alpha value is -2.56. The third-order valence-corrected chi connectivity index (χ3v) is 5.65. The Morgan fingerprint density at radius 1 is 1.03 bits per heavy atom. The predicted molar refractivity (Wildman–Crippen MR) is 145 cm³/mol. The van der Waals surface area contributed by atoms with Gasteiger partial charge in [0.15, 0.2) is 0 Å². The molecule has 204 valence electrons. The summed E-state index contributed by atoms with van der Waals surface area (Å²) < 4.78 is 12.0. The monoisotopic (exact) mass is 571 g/mol. The van der Waals surface area contributed by atoms with E-state index < -0.39 is 23.4 Å². The first-order valence-corrected chi connectivity index (χ1v) is 12.8. The van der Waals surface area contributed by atoms with Gasteiger partial charge in [-0.2, -0.15) is 0 Å². The van der Waals surface area contributed by atoms with E-state index >= 15 is 0 Å². The molecular formula is C25H42BrN5O5. The van der Waals surface area contributed by atoms with E-state index in [1.807, 2.05) is 13.0 Å². The van der Waals surface area contributed by atoms with E-state index in [9.17, 15) is 14.4 Å². The van der Waals surface area contributed by atoms with Gasteiger partial charge in [0.05, 0.1) is 13.3 Å². The molecule has 1 heterocycles. The van der Waals surface area contributed by atoms with Crippen LogP contribution >= 0.6 is 15.9 Å². The van der Waals surface area contributed by atoms with E-state index in [-0.39, 0.29) is 31.9 Å². The van der Waals surface area contributed by atoms with Gasteiger partial charge in [0, 0.05) is 25.1 Å². The fraction of sp³-hybridized carbons (Fsp3) is 0.680. The molecule has 1 aliphatic heterocycles. The molecule has 0 radical (unpaired) electrons. The number of nitrogens with zero attached hydrogens (tertiary/aromatic N) is 5. The number of halogens is 1. The molecule has 1 saturated heterocycles. The van der Waals surface area contributed by atoms with E-state index in [1.54, 1.807) is 60.5 Å². The van der Waals surface area contributed by atoms with Gasteiger partial charge in [-0.1, -0.05) is 35.0 Å². The lowest BCUT2D eigenvalue weighted by atomic mass is 10.2. The minimum absolute atomic E-state index is 0.0510. The Labute approximate surface area is 224 Å². The summed E-state index contributed by atoms with van der Waals surface area (Å²) >= 11 is 3.58. The van der Waals surface area contributed by atoms with Crippen molar-refractivity contribution in [1.82, 2.24) is 19.6 Å². The van der Waals surface area contributed by atoms with Crippen LogP contribution in [0.2, 0.25) is 0 Å². The number of urea groups is 1. The van der Waals surface area contributed by atoms with Gasteiger partial charge in [-0.3, -0.25) is 0 Å². The van der Waals surface area contributed by atoms with E-state index in [2.05, 4.69) is 33.9 Å². The van der Waals surface area contributed by atoms with Crippen LogP contribution < -0.4 is 0 Å². The molecule has 0 N–H and O–H groups in total. The zero-order chi connectivity index (χ0) is 27.8. The maximum Gasteiger partial charge on any atom is 0.437 e. The lowest BCUT2D eigenvalue weighted by Gasteiger charge is -2.42. The second-order valence-corrected chi connectivity index (χ2v) is 11.5. The van der Waals surface area contributed by atoms with Crippen molar-refractivity contribution in [2.24, 2.45) is 4.99 Å². The minimum atomic E-state index is -0.841. The summed E-state index contributed by atoms with van der Waals surface area (Å²) in [4.78, 5) is 48.6. The van der Waals surface area contributed by atoms with Gasteiger partial charge in [0.1, 0.15) is 11.2 Å². The number of guanidine groups is 1. The van der Waals surface area contributed by atoms with Crippen molar-refractivity contribution in [2.75, 3.05) is 34.0 Å². The van der Waals surface area contributed by atoms with Crippen molar-refractivity contribution in [3.63, 3.8) is 0 Å². The molecule has 1 fully saturated rings. The highest BCUT2D eigenvalue weighted by Crippen LogP contribution is 2.20. The largest absolute Gasteiger partial charge is 0.443 e. The molecule has 0 aromatic heterocycles. The van der Waals surface area contributed by atoms with E-state index in [4.69, 9.17) is 9.47 Å². The lowest BCUT2D eigenvalue weighted by molar-refractivity contribution is 0.0315. The van der Waals surface area contributed by atoms with E-state index in [0.29, 0.717) is 6.42 Å². The summed E-state index contributed by atoms with van der Waals surface area (Å²) in [6.45, 7) is 15.0. The van der Waals surface area contributed by atoms with Gasteiger partial charge in [0.2, 0.25) is 5.96 Å². The molecule has 1 aliphatic rings. The highest BCUT2D eigenvalue weighted by molar-refractivity contribution is 9.12. The topological polar surface area (TPSA) is 95.0 Å². The minimum Gasteiger partial charge on any atom is -0.443 e. The van der Waals surface area contributed by atoms with Crippen molar-refractivity contribution in [1.29, 1.82) is 0 Å². The van der Waals surface area contributed by atoms with Crippen LogP contribution in [0.3, 0.4) is 0 Å². The maximum atomic E-state index is 13.4. The van der Waals surface area contributed by atoms with E-state index in [1.165, 1.54) is 14.7 Å². The van der Waals surface area contributed by atoms with Gasteiger partial charge in [-0.05, 0) is 66.9 Å². The summed E-state index contributed by atoms with van der Waals surface area (Å²) in [5, 5.41) is 0. The molecule has 0 atom stereocenters. The maximum absolute atomic E-state index is 13.4. The molecule has 4 amide bonds. The smallest absolute Gasteiger partial charge is 0.437 e. The average molecular weight is 573 g/mol.